The molecule has 15 heteroatoms. The number of hydrogen-bond donors (Lipinski definition) is 6. The number of carbonyl (C=O) groups is 2. The van der Waals surface area contributed by atoms with Crippen molar-refractivity contribution in [1.82, 2.24) is 14.9 Å². The average molecular weight is 627 g/mol. The standard InChI is InChI=1S/C29H46N4O11/c1-3-4-5-6-7-8-9-10-11-12-14-31-26(39)18-16-17(34)20(36)28(42-18)44-24(25(30)38)23-22(41-2)21(37)27(43-23)33-15-13-19(35)32-29(33)40/h13,15-17,20-24,27-28,34,36-37H,3-12,14H2,1-2H3,(H2,30,38)(H,31,39)(H,32,35,40)/t17-,20-,21+,22-,23-,24?,27+,28+/m0/s1. The van der Waals surface area contributed by atoms with Crippen molar-refractivity contribution in [3.63, 3.8) is 0 Å². The highest BCUT2D eigenvalue weighted by Gasteiger charge is 2.52. The van der Waals surface area contributed by atoms with Crippen LogP contribution in [-0.2, 0) is 28.5 Å². The number of H-pyrrole nitrogens is 1. The molecule has 1 fully saturated rings. The van der Waals surface area contributed by atoms with Crippen molar-refractivity contribution in [1.29, 1.82) is 0 Å². The van der Waals surface area contributed by atoms with Crippen LogP contribution in [0.1, 0.15) is 77.4 Å². The smallest absolute Gasteiger partial charge is 0.330 e. The summed E-state index contributed by atoms with van der Waals surface area (Å²) in [5, 5.41) is 34.4. The lowest BCUT2D eigenvalue weighted by Gasteiger charge is -2.35. The summed E-state index contributed by atoms with van der Waals surface area (Å²) in [5.74, 6) is -2.07. The Bertz CT molecular complexity index is 1220. The Balaban J connectivity index is 1.56. The van der Waals surface area contributed by atoms with Gasteiger partial charge >= 0.3 is 5.69 Å². The first-order valence-corrected chi connectivity index (χ1v) is 15.2. The Kier molecular flexibility index (Phi) is 14.0. The molecule has 1 aromatic rings. The molecular formula is C29H46N4O11. The summed E-state index contributed by atoms with van der Waals surface area (Å²) in [7, 11) is 1.22. The van der Waals surface area contributed by atoms with Crippen LogP contribution in [0.5, 0.6) is 0 Å². The van der Waals surface area contributed by atoms with E-state index >= 15 is 0 Å². The molecule has 0 radical (unpaired) electrons. The monoisotopic (exact) mass is 626 g/mol. The van der Waals surface area contributed by atoms with Gasteiger partial charge in [0.15, 0.2) is 18.1 Å². The lowest BCUT2D eigenvalue weighted by atomic mass is 10.0. The van der Waals surface area contributed by atoms with E-state index in [1.165, 1.54) is 45.6 Å². The fourth-order valence-electron chi connectivity index (χ4n) is 5.29. The molecule has 8 atom stereocenters. The average Bonchev–Trinajstić information content (AvgIpc) is 3.31. The summed E-state index contributed by atoms with van der Waals surface area (Å²) in [6, 6.07) is 1.04. The van der Waals surface area contributed by atoms with Gasteiger partial charge in [0, 0.05) is 25.9 Å². The number of nitrogens with two attached hydrogens (primary N) is 1. The van der Waals surface area contributed by atoms with Gasteiger partial charge in [-0.3, -0.25) is 23.9 Å². The molecule has 7 N–H and O–H groups in total. The quantitative estimate of drug-likeness (QED) is 0.116. The number of amides is 2. The van der Waals surface area contributed by atoms with Crippen molar-refractivity contribution >= 4 is 11.8 Å². The largest absolute Gasteiger partial charge is 0.456 e. The molecule has 1 unspecified atom stereocenters. The zero-order valence-electron chi connectivity index (χ0n) is 25.3. The molecule has 1 aromatic heterocycles. The number of nitrogens with one attached hydrogen (secondary N) is 2. The first kappa shape index (κ1) is 35.4. The fraction of sp³-hybridized carbons (Fsp3) is 0.724. The Morgan fingerprint density at radius 3 is 2.27 bits per heavy atom. The molecule has 2 aliphatic rings. The number of aliphatic hydroxyl groups is 3. The number of ether oxygens (including phenoxy) is 4. The highest BCUT2D eigenvalue weighted by Crippen LogP contribution is 2.34. The summed E-state index contributed by atoms with van der Waals surface area (Å²) in [6.45, 7) is 2.57. The molecule has 0 saturated carbocycles. The van der Waals surface area contributed by atoms with E-state index in [4.69, 9.17) is 24.7 Å². The zero-order chi connectivity index (χ0) is 32.2. The van der Waals surface area contributed by atoms with Gasteiger partial charge in [-0.15, -0.1) is 0 Å². The molecule has 3 rings (SSSR count). The van der Waals surface area contributed by atoms with Gasteiger partial charge in [0.25, 0.3) is 11.5 Å². The number of primary amides is 1. The maximum Gasteiger partial charge on any atom is 0.330 e. The molecular weight excluding hydrogens is 580 g/mol. The second-order valence-electron chi connectivity index (χ2n) is 11.1. The summed E-state index contributed by atoms with van der Waals surface area (Å²) < 4.78 is 23.1. The highest BCUT2D eigenvalue weighted by atomic mass is 16.7. The van der Waals surface area contributed by atoms with E-state index in [1.807, 2.05) is 4.98 Å². The maximum absolute atomic E-state index is 12.7. The van der Waals surface area contributed by atoms with E-state index in [-0.39, 0.29) is 5.76 Å². The number of aliphatic hydroxyl groups excluding tert-OH is 3. The van der Waals surface area contributed by atoms with E-state index < -0.39 is 72.2 Å². The third-order valence-electron chi connectivity index (χ3n) is 7.74. The number of aromatic amines is 1. The second kappa shape index (κ2) is 17.4. The van der Waals surface area contributed by atoms with Crippen LogP contribution in [0.25, 0.3) is 0 Å². The second-order valence-corrected chi connectivity index (χ2v) is 11.1. The van der Waals surface area contributed by atoms with Crippen LogP contribution in [0.2, 0.25) is 0 Å². The molecule has 0 spiro atoms. The van der Waals surface area contributed by atoms with E-state index in [2.05, 4.69) is 12.2 Å². The number of aromatic nitrogens is 2. The number of rotatable bonds is 18. The molecule has 44 heavy (non-hydrogen) atoms. The van der Waals surface area contributed by atoms with Crippen LogP contribution in [0.4, 0.5) is 0 Å². The van der Waals surface area contributed by atoms with Gasteiger partial charge < -0.3 is 45.3 Å². The van der Waals surface area contributed by atoms with Crippen molar-refractivity contribution in [3.8, 4) is 0 Å². The summed E-state index contributed by atoms with van der Waals surface area (Å²) >= 11 is 0. The molecule has 0 aliphatic carbocycles. The van der Waals surface area contributed by atoms with Gasteiger partial charge in [-0.2, -0.15) is 0 Å². The first-order valence-electron chi connectivity index (χ1n) is 15.2. The van der Waals surface area contributed by atoms with Gasteiger partial charge in [0.05, 0.1) is 0 Å². The van der Waals surface area contributed by atoms with E-state index in [9.17, 15) is 34.5 Å². The predicted octanol–water partition coefficient (Wildman–Crippen LogP) is -0.320. The summed E-state index contributed by atoms with van der Waals surface area (Å²) in [5.41, 5.74) is 4.01. The minimum atomic E-state index is -1.74. The third kappa shape index (κ3) is 9.46. The predicted molar refractivity (Wildman–Crippen MR) is 156 cm³/mol. The van der Waals surface area contributed by atoms with Crippen molar-refractivity contribution in [2.45, 2.75) is 120 Å². The van der Waals surface area contributed by atoms with Crippen LogP contribution >= 0.6 is 0 Å². The molecule has 2 aliphatic heterocycles. The van der Waals surface area contributed by atoms with Crippen LogP contribution in [0.15, 0.2) is 33.7 Å². The van der Waals surface area contributed by atoms with Crippen LogP contribution in [0.3, 0.4) is 0 Å². The molecule has 15 nitrogen and oxygen atoms in total. The fourth-order valence-corrected chi connectivity index (χ4v) is 5.29. The first-order chi connectivity index (χ1) is 21.1. The Hall–Kier alpha value is -3.08. The number of unbranched alkanes of at least 4 members (excludes halogenated alkanes) is 9. The maximum atomic E-state index is 12.7. The number of hydrogen-bond acceptors (Lipinski definition) is 11. The van der Waals surface area contributed by atoms with Gasteiger partial charge in [0.1, 0.15) is 30.5 Å². The third-order valence-corrected chi connectivity index (χ3v) is 7.74. The van der Waals surface area contributed by atoms with Crippen LogP contribution in [0, 0.1) is 0 Å². The topological polar surface area (TPSA) is 225 Å². The van der Waals surface area contributed by atoms with Gasteiger partial charge in [-0.05, 0) is 12.5 Å². The van der Waals surface area contributed by atoms with E-state index in [0.717, 1.165) is 48.6 Å². The molecule has 2 amide bonds. The molecule has 1 saturated heterocycles. The normalized spacial score (nSPS) is 27.4. The lowest BCUT2D eigenvalue weighted by molar-refractivity contribution is -0.241. The number of nitrogens with zero attached hydrogens (tertiary/aromatic N) is 1. The minimum Gasteiger partial charge on any atom is -0.456 e. The zero-order valence-corrected chi connectivity index (χ0v) is 25.3. The summed E-state index contributed by atoms with van der Waals surface area (Å²) in [6.07, 6.45) is 1.16. The Morgan fingerprint density at radius 1 is 1.05 bits per heavy atom. The van der Waals surface area contributed by atoms with E-state index in [1.54, 1.807) is 0 Å². The molecule has 0 aromatic carbocycles. The molecule has 248 valence electrons. The lowest BCUT2D eigenvalue weighted by Crippen LogP contribution is -2.54. The van der Waals surface area contributed by atoms with Gasteiger partial charge in [-0.1, -0.05) is 64.7 Å². The number of carbonyl (C=O) groups excluding carboxylic acids is 2. The van der Waals surface area contributed by atoms with Crippen LogP contribution in [-0.4, -0.2) is 93.3 Å². The van der Waals surface area contributed by atoms with E-state index in [0.29, 0.717) is 6.54 Å². The SMILES string of the molecule is CCCCCCCCCCCCNC(=O)C1=C[C@H](O)[C@H](O)[C@@H](OC(C(N)=O)[C@H]2O[C@@H](n3ccc(=O)[nH]c3=O)[C@H](O)[C@@H]2OC)O1. The van der Waals surface area contributed by atoms with Crippen molar-refractivity contribution in [2.24, 2.45) is 5.73 Å². The minimum absolute atomic E-state index is 0.323. The Labute approximate surface area is 255 Å². The number of methoxy groups -OCH3 is 1. The summed E-state index contributed by atoms with van der Waals surface area (Å²) in [4.78, 5) is 51.0. The van der Waals surface area contributed by atoms with Crippen molar-refractivity contribution in [3.05, 3.63) is 44.9 Å². The molecule has 3 heterocycles. The van der Waals surface area contributed by atoms with Gasteiger partial charge in [-0.25, -0.2) is 4.79 Å². The Morgan fingerprint density at radius 2 is 1.68 bits per heavy atom. The molecule has 0 bridgehead atoms. The van der Waals surface area contributed by atoms with Crippen molar-refractivity contribution < 1.29 is 43.9 Å². The van der Waals surface area contributed by atoms with Crippen molar-refractivity contribution in [2.75, 3.05) is 13.7 Å². The van der Waals surface area contributed by atoms with Gasteiger partial charge in [0.2, 0.25) is 12.2 Å². The highest BCUT2D eigenvalue weighted by molar-refractivity contribution is 5.91. The van der Waals surface area contributed by atoms with Crippen LogP contribution < -0.4 is 22.3 Å².